The molecule has 2 heterocycles. The SMILES string of the molecule is O=C(O)C1CSC(c2ccccn2)C1. The van der Waals surface area contributed by atoms with Gasteiger partial charge >= 0.3 is 5.97 Å². The fraction of sp³-hybridized carbons (Fsp3) is 0.400. The van der Waals surface area contributed by atoms with E-state index in [4.69, 9.17) is 5.11 Å². The molecule has 1 aromatic heterocycles. The van der Waals surface area contributed by atoms with Gasteiger partial charge in [0.15, 0.2) is 0 Å². The Morgan fingerprint density at radius 3 is 3.00 bits per heavy atom. The van der Waals surface area contributed by atoms with Crippen LogP contribution in [0.15, 0.2) is 24.4 Å². The maximum absolute atomic E-state index is 10.7. The molecule has 74 valence electrons. The number of hydrogen-bond donors (Lipinski definition) is 1. The summed E-state index contributed by atoms with van der Waals surface area (Å²) in [4.78, 5) is 15.0. The Hall–Kier alpha value is -1.03. The minimum atomic E-state index is -0.684. The van der Waals surface area contributed by atoms with E-state index in [1.807, 2.05) is 18.2 Å². The van der Waals surface area contributed by atoms with E-state index in [-0.39, 0.29) is 11.2 Å². The molecule has 14 heavy (non-hydrogen) atoms. The number of aromatic nitrogens is 1. The third-order valence-electron chi connectivity index (χ3n) is 2.36. The quantitative estimate of drug-likeness (QED) is 0.809. The molecule has 2 unspecified atom stereocenters. The molecule has 2 atom stereocenters. The van der Waals surface area contributed by atoms with E-state index in [0.29, 0.717) is 12.2 Å². The highest BCUT2D eigenvalue weighted by atomic mass is 32.2. The van der Waals surface area contributed by atoms with Crippen molar-refractivity contribution >= 4 is 17.7 Å². The van der Waals surface area contributed by atoms with Crippen molar-refractivity contribution in [2.75, 3.05) is 5.75 Å². The summed E-state index contributed by atoms with van der Waals surface area (Å²) >= 11 is 1.69. The van der Waals surface area contributed by atoms with Gasteiger partial charge in [0.1, 0.15) is 0 Å². The van der Waals surface area contributed by atoms with Gasteiger partial charge < -0.3 is 5.11 Å². The average molecular weight is 209 g/mol. The van der Waals surface area contributed by atoms with Gasteiger partial charge in [-0.3, -0.25) is 9.78 Å². The largest absolute Gasteiger partial charge is 0.481 e. The predicted octanol–water partition coefficient (Wildman–Crippen LogP) is 1.96. The zero-order valence-corrected chi connectivity index (χ0v) is 8.41. The summed E-state index contributed by atoms with van der Waals surface area (Å²) in [6, 6.07) is 5.77. The number of carboxylic acids is 1. The van der Waals surface area contributed by atoms with Crippen molar-refractivity contribution in [3.8, 4) is 0 Å². The normalized spacial score (nSPS) is 26.3. The van der Waals surface area contributed by atoms with Gasteiger partial charge in [0, 0.05) is 17.2 Å². The highest BCUT2D eigenvalue weighted by Gasteiger charge is 2.31. The molecule has 0 aromatic carbocycles. The van der Waals surface area contributed by atoms with Crippen LogP contribution in [0, 0.1) is 5.92 Å². The Morgan fingerprint density at radius 2 is 2.43 bits per heavy atom. The van der Waals surface area contributed by atoms with Gasteiger partial charge in [-0.25, -0.2) is 0 Å². The molecule has 0 amide bonds. The molecular formula is C10H11NO2S. The lowest BCUT2D eigenvalue weighted by Gasteiger charge is -2.06. The number of thioether (sulfide) groups is 1. The molecule has 1 saturated heterocycles. The summed E-state index contributed by atoms with van der Waals surface area (Å²) in [7, 11) is 0. The number of carbonyl (C=O) groups is 1. The van der Waals surface area contributed by atoms with Gasteiger partial charge in [0.05, 0.1) is 11.6 Å². The van der Waals surface area contributed by atoms with Crippen LogP contribution in [0.5, 0.6) is 0 Å². The van der Waals surface area contributed by atoms with E-state index < -0.39 is 5.97 Å². The van der Waals surface area contributed by atoms with Crippen LogP contribution in [0.4, 0.5) is 0 Å². The van der Waals surface area contributed by atoms with Crippen molar-refractivity contribution < 1.29 is 9.90 Å². The zero-order valence-electron chi connectivity index (χ0n) is 7.59. The van der Waals surface area contributed by atoms with Crippen LogP contribution in [-0.4, -0.2) is 21.8 Å². The van der Waals surface area contributed by atoms with Gasteiger partial charge in [0.2, 0.25) is 0 Å². The maximum atomic E-state index is 10.7. The second-order valence-electron chi connectivity index (χ2n) is 3.35. The van der Waals surface area contributed by atoms with Crippen LogP contribution in [0.25, 0.3) is 0 Å². The van der Waals surface area contributed by atoms with Crippen LogP contribution in [0.3, 0.4) is 0 Å². The molecule has 0 aliphatic carbocycles. The number of carboxylic acid groups (broad SMARTS) is 1. The van der Waals surface area contributed by atoms with Crippen molar-refractivity contribution in [1.82, 2.24) is 4.98 Å². The summed E-state index contributed by atoms with van der Waals surface area (Å²) in [6.45, 7) is 0. The molecule has 0 bridgehead atoms. The summed E-state index contributed by atoms with van der Waals surface area (Å²) in [5, 5.41) is 9.11. The Labute approximate surface area is 86.5 Å². The van der Waals surface area contributed by atoms with E-state index in [0.717, 1.165) is 5.69 Å². The number of nitrogens with zero attached hydrogens (tertiary/aromatic N) is 1. The van der Waals surface area contributed by atoms with Crippen LogP contribution >= 0.6 is 11.8 Å². The minimum Gasteiger partial charge on any atom is -0.481 e. The second kappa shape index (κ2) is 4.00. The van der Waals surface area contributed by atoms with E-state index >= 15 is 0 Å². The van der Waals surface area contributed by atoms with Crippen LogP contribution < -0.4 is 0 Å². The first kappa shape index (κ1) is 9.52. The first-order valence-electron chi connectivity index (χ1n) is 4.52. The lowest BCUT2D eigenvalue weighted by Crippen LogP contribution is -2.12. The fourth-order valence-electron chi connectivity index (χ4n) is 1.57. The first-order chi connectivity index (χ1) is 6.77. The Kier molecular flexibility index (Phi) is 2.72. The van der Waals surface area contributed by atoms with Gasteiger partial charge in [-0.1, -0.05) is 6.07 Å². The maximum Gasteiger partial charge on any atom is 0.307 e. The smallest absolute Gasteiger partial charge is 0.307 e. The third kappa shape index (κ3) is 1.90. The number of rotatable bonds is 2. The lowest BCUT2D eigenvalue weighted by atomic mass is 10.0. The monoisotopic (exact) mass is 209 g/mol. The fourth-order valence-corrected chi connectivity index (χ4v) is 2.99. The summed E-state index contributed by atoms with van der Waals surface area (Å²) in [5.74, 6) is -0.181. The highest BCUT2D eigenvalue weighted by Crippen LogP contribution is 2.42. The van der Waals surface area contributed by atoms with Crippen LogP contribution in [0.2, 0.25) is 0 Å². The molecule has 1 aliphatic rings. The molecule has 1 aliphatic heterocycles. The van der Waals surface area contributed by atoms with Crippen LogP contribution in [0.1, 0.15) is 17.4 Å². The number of hydrogen-bond acceptors (Lipinski definition) is 3. The molecular weight excluding hydrogens is 198 g/mol. The second-order valence-corrected chi connectivity index (χ2v) is 4.58. The summed E-state index contributed by atoms with van der Waals surface area (Å²) < 4.78 is 0. The van der Waals surface area contributed by atoms with Gasteiger partial charge in [-0.2, -0.15) is 11.8 Å². The Balaban J connectivity index is 2.06. The molecule has 2 rings (SSSR count). The average Bonchev–Trinajstić information content (AvgIpc) is 2.68. The van der Waals surface area contributed by atoms with Crippen molar-refractivity contribution in [3.63, 3.8) is 0 Å². The van der Waals surface area contributed by atoms with E-state index in [1.165, 1.54) is 0 Å². The van der Waals surface area contributed by atoms with Crippen LogP contribution in [-0.2, 0) is 4.79 Å². The zero-order chi connectivity index (χ0) is 9.97. The van der Waals surface area contributed by atoms with E-state index in [1.54, 1.807) is 18.0 Å². The molecule has 1 aromatic rings. The summed E-state index contributed by atoms with van der Waals surface area (Å²) in [5.41, 5.74) is 1.00. The first-order valence-corrected chi connectivity index (χ1v) is 5.57. The molecule has 1 fully saturated rings. The van der Waals surface area contributed by atoms with E-state index in [2.05, 4.69) is 4.98 Å². The van der Waals surface area contributed by atoms with Crippen molar-refractivity contribution in [3.05, 3.63) is 30.1 Å². The Bertz CT molecular complexity index is 328. The number of pyridine rings is 1. The highest BCUT2D eigenvalue weighted by molar-refractivity contribution is 7.99. The molecule has 0 spiro atoms. The third-order valence-corrected chi connectivity index (χ3v) is 3.80. The number of aliphatic carboxylic acids is 1. The van der Waals surface area contributed by atoms with Gasteiger partial charge in [-0.05, 0) is 18.6 Å². The topological polar surface area (TPSA) is 50.2 Å². The molecule has 3 nitrogen and oxygen atoms in total. The molecule has 1 N–H and O–H groups in total. The minimum absolute atomic E-state index is 0.202. The van der Waals surface area contributed by atoms with E-state index in [9.17, 15) is 4.79 Å². The predicted molar refractivity (Wildman–Crippen MR) is 55.2 cm³/mol. The van der Waals surface area contributed by atoms with Crippen molar-refractivity contribution in [2.24, 2.45) is 5.92 Å². The molecule has 0 radical (unpaired) electrons. The van der Waals surface area contributed by atoms with Crippen molar-refractivity contribution in [2.45, 2.75) is 11.7 Å². The van der Waals surface area contributed by atoms with Gasteiger partial charge in [0.25, 0.3) is 0 Å². The molecule has 4 heteroatoms. The summed E-state index contributed by atoms with van der Waals surface area (Å²) in [6.07, 6.45) is 2.46. The van der Waals surface area contributed by atoms with Gasteiger partial charge in [-0.15, -0.1) is 0 Å². The standard InChI is InChI=1S/C10H11NO2S/c12-10(13)7-5-9(14-6-7)8-3-1-2-4-11-8/h1-4,7,9H,5-6H2,(H,12,13). The molecule has 0 saturated carbocycles. The lowest BCUT2D eigenvalue weighted by molar-refractivity contribution is -0.140. The van der Waals surface area contributed by atoms with Crippen molar-refractivity contribution in [1.29, 1.82) is 0 Å². The Morgan fingerprint density at radius 1 is 1.57 bits per heavy atom.